The second-order valence-corrected chi connectivity index (χ2v) is 4.98. The highest BCUT2D eigenvalue weighted by Crippen LogP contribution is 2.19. The van der Waals surface area contributed by atoms with Crippen LogP contribution in [-0.4, -0.2) is 42.3 Å². The van der Waals surface area contributed by atoms with Crippen molar-refractivity contribution in [3.05, 3.63) is 12.3 Å². The van der Waals surface area contributed by atoms with Gasteiger partial charge in [0, 0.05) is 25.8 Å². The SMILES string of the molecule is c1cc(N2CCCCC2)nc(OC2CCNC2)n1. The third kappa shape index (κ3) is 2.72. The Labute approximate surface area is 108 Å². The van der Waals surface area contributed by atoms with E-state index >= 15 is 0 Å². The quantitative estimate of drug-likeness (QED) is 0.871. The molecule has 2 saturated heterocycles. The normalized spacial score (nSPS) is 24.2. The molecule has 5 nitrogen and oxygen atoms in total. The van der Waals surface area contributed by atoms with Crippen molar-refractivity contribution in [3.63, 3.8) is 0 Å². The van der Waals surface area contributed by atoms with Gasteiger partial charge in [0.2, 0.25) is 0 Å². The van der Waals surface area contributed by atoms with E-state index in [1.807, 2.05) is 6.07 Å². The maximum atomic E-state index is 5.80. The first-order valence-electron chi connectivity index (χ1n) is 6.87. The molecule has 5 heteroatoms. The lowest BCUT2D eigenvalue weighted by molar-refractivity contribution is 0.204. The molecule has 0 aliphatic carbocycles. The van der Waals surface area contributed by atoms with Gasteiger partial charge in [-0.05, 0) is 38.3 Å². The van der Waals surface area contributed by atoms with E-state index in [0.717, 1.165) is 38.4 Å². The molecule has 0 saturated carbocycles. The monoisotopic (exact) mass is 248 g/mol. The zero-order chi connectivity index (χ0) is 12.2. The van der Waals surface area contributed by atoms with Gasteiger partial charge in [-0.3, -0.25) is 0 Å². The Hall–Kier alpha value is -1.36. The van der Waals surface area contributed by atoms with Crippen LogP contribution in [-0.2, 0) is 0 Å². The van der Waals surface area contributed by atoms with Crippen LogP contribution < -0.4 is 15.0 Å². The molecule has 0 aromatic carbocycles. The standard InChI is InChI=1S/C13H20N4O/c1-2-8-17(9-3-1)12-5-7-15-13(16-12)18-11-4-6-14-10-11/h5,7,11,14H,1-4,6,8-10H2. The molecule has 1 unspecified atom stereocenters. The summed E-state index contributed by atoms with van der Waals surface area (Å²) >= 11 is 0. The Morgan fingerprint density at radius 2 is 2.17 bits per heavy atom. The highest BCUT2D eigenvalue weighted by molar-refractivity contribution is 5.38. The van der Waals surface area contributed by atoms with Crippen LogP contribution in [0.3, 0.4) is 0 Å². The fourth-order valence-corrected chi connectivity index (χ4v) is 2.57. The third-order valence-corrected chi connectivity index (χ3v) is 3.59. The molecule has 0 radical (unpaired) electrons. The number of rotatable bonds is 3. The molecule has 0 amide bonds. The van der Waals surface area contributed by atoms with Gasteiger partial charge in [0.15, 0.2) is 0 Å². The molecule has 1 aromatic rings. The smallest absolute Gasteiger partial charge is 0.318 e. The van der Waals surface area contributed by atoms with Crippen LogP contribution in [0.4, 0.5) is 5.82 Å². The molecule has 2 aliphatic rings. The Kier molecular flexibility index (Phi) is 3.59. The number of hydrogen-bond donors (Lipinski definition) is 1. The van der Waals surface area contributed by atoms with Gasteiger partial charge in [0.05, 0.1) is 0 Å². The number of piperidine rings is 1. The number of nitrogens with one attached hydrogen (secondary N) is 1. The molecular formula is C13H20N4O. The Balaban J connectivity index is 1.67. The summed E-state index contributed by atoms with van der Waals surface area (Å²) in [5.41, 5.74) is 0. The Morgan fingerprint density at radius 1 is 1.28 bits per heavy atom. The summed E-state index contributed by atoms with van der Waals surface area (Å²) in [6, 6.07) is 2.50. The van der Waals surface area contributed by atoms with Gasteiger partial charge in [0.1, 0.15) is 11.9 Å². The summed E-state index contributed by atoms with van der Waals surface area (Å²) in [6.45, 7) is 4.12. The number of nitrogens with zero attached hydrogens (tertiary/aromatic N) is 3. The predicted octanol–water partition coefficient (Wildman–Crippen LogP) is 1.21. The second kappa shape index (κ2) is 5.52. The fraction of sp³-hybridized carbons (Fsp3) is 0.692. The van der Waals surface area contributed by atoms with Crippen molar-refractivity contribution in [1.82, 2.24) is 15.3 Å². The number of hydrogen-bond acceptors (Lipinski definition) is 5. The van der Waals surface area contributed by atoms with E-state index in [1.54, 1.807) is 6.20 Å². The zero-order valence-corrected chi connectivity index (χ0v) is 10.6. The number of ether oxygens (including phenoxy) is 1. The van der Waals surface area contributed by atoms with E-state index in [9.17, 15) is 0 Å². The average Bonchev–Trinajstić information content (AvgIpc) is 2.93. The van der Waals surface area contributed by atoms with E-state index in [4.69, 9.17) is 4.74 Å². The lowest BCUT2D eigenvalue weighted by atomic mass is 10.1. The van der Waals surface area contributed by atoms with Gasteiger partial charge < -0.3 is 15.0 Å². The highest BCUT2D eigenvalue weighted by Gasteiger charge is 2.18. The van der Waals surface area contributed by atoms with Crippen LogP contribution in [0.25, 0.3) is 0 Å². The molecule has 98 valence electrons. The second-order valence-electron chi connectivity index (χ2n) is 4.98. The van der Waals surface area contributed by atoms with Crippen LogP contribution in [0, 0.1) is 0 Å². The van der Waals surface area contributed by atoms with Gasteiger partial charge in [-0.2, -0.15) is 4.98 Å². The maximum Gasteiger partial charge on any atom is 0.318 e. The molecule has 3 rings (SSSR count). The lowest BCUT2D eigenvalue weighted by Crippen LogP contribution is -2.30. The summed E-state index contributed by atoms with van der Waals surface area (Å²) in [4.78, 5) is 11.1. The van der Waals surface area contributed by atoms with Crippen LogP contribution in [0.15, 0.2) is 12.3 Å². The third-order valence-electron chi connectivity index (χ3n) is 3.59. The van der Waals surface area contributed by atoms with Crippen molar-refractivity contribution in [2.75, 3.05) is 31.1 Å². The molecule has 2 fully saturated rings. The predicted molar refractivity (Wildman–Crippen MR) is 70.0 cm³/mol. The Morgan fingerprint density at radius 3 is 2.94 bits per heavy atom. The summed E-state index contributed by atoms with van der Waals surface area (Å²) in [6.07, 6.45) is 6.91. The summed E-state index contributed by atoms with van der Waals surface area (Å²) < 4.78 is 5.80. The Bertz CT molecular complexity index is 386. The molecule has 0 spiro atoms. The van der Waals surface area contributed by atoms with Gasteiger partial charge in [-0.1, -0.05) is 0 Å². The van der Waals surface area contributed by atoms with Gasteiger partial charge in [-0.25, -0.2) is 4.98 Å². The maximum absolute atomic E-state index is 5.80. The minimum absolute atomic E-state index is 0.224. The zero-order valence-electron chi connectivity index (χ0n) is 10.6. The number of anilines is 1. The van der Waals surface area contributed by atoms with Crippen molar-refractivity contribution in [1.29, 1.82) is 0 Å². The van der Waals surface area contributed by atoms with Crippen molar-refractivity contribution in [2.45, 2.75) is 31.8 Å². The first-order valence-corrected chi connectivity index (χ1v) is 6.87. The van der Waals surface area contributed by atoms with E-state index < -0.39 is 0 Å². The summed E-state index contributed by atoms with van der Waals surface area (Å²) in [5, 5.41) is 3.28. The molecule has 1 atom stereocenters. The summed E-state index contributed by atoms with van der Waals surface area (Å²) in [5.74, 6) is 1.01. The molecule has 1 aromatic heterocycles. The van der Waals surface area contributed by atoms with Crippen molar-refractivity contribution in [3.8, 4) is 6.01 Å². The van der Waals surface area contributed by atoms with Crippen molar-refractivity contribution >= 4 is 5.82 Å². The highest BCUT2D eigenvalue weighted by atomic mass is 16.5. The van der Waals surface area contributed by atoms with Gasteiger partial charge >= 0.3 is 6.01 Å². The molecule has 1 N–H and O–H groups in total. The molecule has 0 bridgehead atoms. The van der Waals surface area contributed by atoms with E-state index in [0.29, 0.717) is 6.01 Å². The minimum Gasteiger partial charge on any atom is -0.459 e. The topological polar surface area (TPSA) is 50.3 Å². The largest absolute Gasteiger partial charge is 0.459 e. The molecule has 2 aliphatic heterocycles. The molecule has 18 heavy (non-hydrogen) atoms. The van der Waals surface area contributed by atoms with E-state index in [1.165, 1.54) is 19.3 Å². The van der Waals surface area contributed by atoms with Crippen LogP contribution in [0.1, 0.15) is 25.7 Å². The van der Waals surface area contributed by atoms with Crippen LogP contribution in [0.2, 0.25) is 0 Å². The first-order chi connectivity index (χ1) is 8.92. The first kappa shape index (κ1) is 11.7. The van der Waals surface area contributed by atoms with Gasteiger partial charge in [-0.15, -0.1) is 0 Å². The van der Waals surface area contributed by atoms with E-state index in [2.05, 4.69) is 20.2 Å². The molecular weight excluding hydrogens is 228 g/mol. The van der Waals surface area contributed by atoms with Crippen LogP contribution >= 0.6 is 0 Å². The van der Waals surface area contributed by atoms with Gasteiger partial charge in [0.25, 0.3) is 0 Å². The lowest BCUT2D eigenvalue weighted by Gasteiger charge is -2.27. The van der Waals surface area contributed by atoms with Crippen molar-refractivity contribution < 1.29 is 4.74 Å². The minimum atomic E-state index is 0.224. The fourth-order valence-electron chi connectivity index (χ4n) is 2.57. The summed E-state index contributed by atoms with van der Waals surface area (Å²) in [7, 11) is 0. The average molecular weight is 248 g/mol. The van der Waals surface area contributed by atoms with Crippen LogP contribution in [0.5, 0.6) is 6.01 Å². The molecule has 3 heterocycles. The number of aromatic nitrogens is 2. The van der Waals surface area contributed by atoms with Crippen molar-refractivity contribution in [2.24, 2.45) is 0 Å². The van der Waals surface area contributed by atoms with E-state index in [-0.39, 0.29) is 6.10 Å².